The predicted octanol–water partition coefficient (Wildman–Crippen LogP) is 3.76. The van der Waals surface area contributed by atoms with Gasteiger partial charge in [0, 0.05) is 35.7 Å². The Labute approximate surface area is 158 Å². The first kappa shape index (κ1) is 17.4. The molecule has 1 amide bonds. The molecule has 4 rings (SSSR count). The van der Waals surface area contributed by atoms with Gasteiger partial charge in [-0.1, -0.05) is 30.0 Å². The molecule has 4 nitrogen and oxygen atoms in total. The first-order chi connectivity index (χ1) is 12.5. The monoisotopic (exact) mass is 368 g/mol. The summed E-state index contributed by atoms with van der Waals surface area (Å²) in [6.45, 7) is 5.79. The van der Waals surface area contributed by atoms with Crippen LogP contribution in [0.4, 0.5) is 0 Å². The van der Waals surface area contributed by atoms with Gasteiger partial charge in [0.1, 0.15) is 0 Å². The molecule has 0 fully saturated rings. The molecule has 1 aromatic rings. The second kappa shape index (κ2) is 6.63. The molecular formula is C21H24N2O2S. The zero-order valence-electron chi connectivity index (χ0n) is 15.5. The molecule has 1 aromatic carbocycles. The standard InChI is InChI=1S/C21H24N2O2S/c1-12-13(2)26-21(23(12)9-10-25-3)18-11-17(20(22)24)15-6-4-5-14-7-8-16(18)19(14)15/h4-6,11,16H,7-10H2,1-3H3,(H2,22,24)/b21-18-. The summed E-state index contributed by atoms with van der Waals surface area (Å²) < 4.78 is 5.32. The van der Waals surface area contributed by atoms with Gasteiger partial charge in [0.2, 0.25) is 5.91 Å². The number of allylic oxidation sites excluding steroid dienone is 4. The van der Waals surface area contributed by atoms with Gasteiger partial charge in [0.25, 0.3) is 0 Å². The van der Waals surface area contributed by atoms with Crippen LogP contribution in [0.15, 0.2) is 45.5 Å². The average Bonchev–Trinajstić information content (AvgIpc) is 3.17. The van der Waals surface area contributed by atoms with Crippen LogP contribution < -0.4 is 5.73 Å². The van der Waals surface area contributed by atoms with Crippen molar-refractivity contribution in [3.63, 3.8) is 0 Å². The highest BCUT2D eigenvalue weighted by atomic mass is 32.2. The highest BCUT2D eigenvalue weighted by Gasteiger charge is 2.37. The Balaban J connectivity index is 1.88. The maximum Gasteiger partial charge on any atom is 0.249 e. The number of nitrogens with two attached hydrogens (primary N) is 1. The maximum absolute atomic E-state index is 12.2. The third kappa shape index (κ3) is 2.61. The van der Waals surface area contributed by atoms with E-state index in [9.17, 15) is 4.79 Å². The number of rotatable bonds is 4. The van der Waals surface area contributed by atoms with Crippen LogP contribution in [0, 0.1) is 0 Å². The summed E-state index contributed by atoms with van der Waals surface area (Å²) in [5.74, 6) is -0.00904. The van der Waals surface area contributed by atoms with Crippen molar-refractivity contribution >= 4 is 23.2 Å². The second-order valence-corrected chi connectivity index (χ2v) is 8.24. The summed E-state index contributed by atoms with van der Waals surface area (Å²) in [5, 5.41) is 1.23. The first-order valence-corrected chi connectivity index (χ1v) is 9.84. The molecule has 136 valence electrons. The molecule has 1 unspecified atom stereocenters. The van der Waals surface area contributed by atoms with E-state index in [0.29, 0.717) is 18.1 Å². The fourth-order valence-corrected chi connectivity index (χ4v) is 5.47. The maximum atomic E-state index is 12.2. The Bertz CT molecular complexity index is 882. The minimum atomic E-state index is -0.352. The minimum absolute atomic E-state index is 0.343. The Morgan fingerprint density at radius 1 is 1.38 bits per heavy atom. The Kier molecular flexibility index (Phi) is 4.45. The van der Waals surface area contributed by atoms with Gasteiger partial charge in [-0.05, 0) is 55.0 Å². The lowest BCUT2D eigenvalue weighted by Gasteiger charge is -2.29. The van der Waals surface area contributed by atoms with E-state index >= 15 is 0 Å². The highest BCUT2D eigenvalue weighted by molar-refractivity contribution is 8.06. The van der Waals surface area contributed by atoms with Crippen LogP contribution in [0.3, 0.4) is 0 Å². The first-order valence-electron chi connectivity index (χ1n) is 9.02. The lowest BCUT2D eigenvalue weighted by molar-refractivity contribution is -0.112. The van der Waals surface area contributed by atoms with E-state index in [-0.39, 0.29) is 5.91 Å². The highest BCUT2D eigenvalue weighted by Crippen LogP contribution is 2.52. The van der Waals surface area contributed by atoms with Crippen molar-refractivity contribution in [1.82, 2.24) is 4.90 Å². The van der Waals surface area contributed by atoms with Crippen molar-refractivity contribution in [2.75, 3.05) is 20.3 Å². The molecular weight excluding hydrogens is 344 g/mol. The van der Waals surface area contributed by atoms with Crippen molar-refractivity contribution < 1.29 is 9.53 Å². The predicted molar refractivity (Wildman–Crippen MR) is 106 cm³/mol. The van der Waals surface area contributed by atoms with Crippen molar-refractivity contribution in [2.45, 2.75) is 32.6 Å². The van der Waals surface area contributed by atoms with E-state index in [0.717, 1.165) is 24.9 Å². The fraction of sp³-hybridized carbons (Fsp3) is 0.381. The molecule has 0 saturated carbocycles. The molecule has 3 aliphatic rings. The van der Waals surface area contributed by atoms with E-state index in [1.807, 2.05) is 18.2 Å². The van der Waals surface area contributed by atoms with Crippen LogP contribution in [0.2, 0.25) is 0 Å². The number of ether oxygens (including phenoxy) is 1. The number of aryl methyl sites for hydroxylation is 1. The van der Waals surface area contributed by atoms with Crippen LogP contribution >= 0.6 is 11.8 Å². The number of nitrogens with zero attached hydrogens (tertiary/aromatic N) is 1. The van der Waals surface area contributed by atoms with Crippen molar-refractivity contribution in [2.24, 2.45) is 5.73 Å². The van der Waals surface area contributed by atoms with Gasteiger partial charge in [-0.2, -0.15) is 0 Å². The number of methoxy groups -OCH3 is 1. The molecule has 0 radical (unpaired) electrons. The van der Waals surface area contributed by atoms with E-state index in [2.05, 4.69) is 24.8 Å². The number of amides is 1. The molecule has 0 aromatic heterocycles. The summed E-state index contributed by atoms with van der Waals surface area (Å²) in [5.41, 5.74) is 12.6. The lowest BCUT2D eigenvalue weighted by Crippen LogP contribution is -2.24. The van der Waals surface area contributed by atoms with Gasteiger partial charge < -0.3 is 15.4 Å². The minimum Gasteiger partial charge on any atom is -0.383 e. The Hall–Kier alpha value is -1.98. The number of carbonyl (C=O) groups is 1. The zero-order chi connectivity index (χ0) is 18.4. The smallest absolute Gasteiger partial charge is 0.249 e. The molecule has 1 atom stereocenters. The summed E-state index contributed by atoms with van der Waals surface area (Å²) in [4.78, 5) is 15.8. The Morgan fingerprint density at radius 3 is 2.92 bits per heavy atom. The molecule has 1 heterocycles. The van der Waals surface area contributed by atoms with Gasteiger partial charge in [-0.3, -0.25) is 4.79 Å². The number of thioether (sulfide) groups is 1. The number of primary amides is 1. The van der Waals surface area contributed by atoms with Crippen LogP contribution in [-0.4, -0.2) is 31.1 Å². The summed E-state index contributed by atoms with van der Waals surface area (Å²) in [6, 6.07) is 6.26. The number of hydrogen-bond acceptors (Lipinski definition) is 4. The van der Waals surface area contributed by atoms with Crippen LogP contribution in [-0.2, 0) is 16.0 Å². The largest absolute Gasteiger partial charge is 0.383 e. The van der Waals surface area contributed by atoms with Gasteiger partial charge >= 0.3 is 0 Å². The van der Waals surface area contributed by atoms with E-state index in [1.165, 1.54) is 32.3 Å². The summed E-state index contributed by atoms with van der Waals surface area (Å²) in [7, 11) is 1.73. The van der Waals surface area contributed by atoms with E-state index < -0.39 is 0 Å². The van der Waals surface area contributed by atoms with Gasteiger partial charge in [-0.15, -0.1) is 0 Å². The molecule has 26 heavy (non-hydrogen) atoms. The van der Waals surface area contributed by atoms with Crippen LogP contribution in [0.5, 0.6) is 0 Å². The number of benzene rings is 1. The SMILES string of the molecule is COCCN1C(C)=C(C)S/C1=C1/C=C(C(N)=O)c2cccc3c2C1CC3. The molecule has 0 bridgehead atoms. The summed E-state index contributed by atoms with van der Waals surface area (Å²) in [6.07, 6.45) is 4.18. The van der Waals surface area contributed by atoms with E-state index in [4.69, 9.17) is 10.5 Å². The van der Waals surface area contributed by atoms with Crippen LogP contribution in [0.25, 0.3) is 5.57 Å². The van der Waals surface area contributed by atoms with Crippen LogP contribution in [0.1, 0.15) is 42.9 Å². The second-order valence-electron chi connectivity index (χ2n) is 7.04. The molecule has 0 saturated heterocycles. The molecule has 5 heteroatoms. The zero-order valence-corrected chi connectivity index (χ0v) is 16.3. The van der Waals surface area contributed by atoms with Gasteiger partial charge in [0.15, 0.2) is 0 Å². The van der Waals surface area contributed by atoms with Crippen molar-refractivity contribution in [3.05, 3.63) is 62.2 Å². The van der Waals surface area contributed by atoms with Gasteiger partial charge in [0.05, 0.1) is 11.6 Å². The van der Waals surface area contributed by atoms with Crippen molar-refractivity contribution in [1.29, 1.82) is 0 Å². The quantitative estimate of drug-likeness (QED) is 0.879. The molecule has 1 aliphatic heterocycles. The number of hydrogen-bond donors (Lipinski definition) is 1. The average molecular weight is 369 g/mol. The normalized spacial score (nSPS) is 24.2. The fourth-order valence-electron chi connectivity index (χ4n) is 4.26. The molecule has 0 spiro atoms. The summed E-state index contributed by atoms with van der Waals surface area (Å²) >= 11 is 1.80. The van der Waals surface area contributed by atoms with Crippen molar-refractivity contribution in [3.8, 4) is 0 Å². The molecule has 2 N–H and O–H groups in total. The third-order valence-electron chi connectivity index (χ3n) is 5.65. The topological polar surface area (TPSA) is 55.6 Å². The Morgan fingerprint density at radius 2 is 2.19 bits per heavy atom. The third-order valence-corrected chi connectivity index (χ3v) is 6.90. The van der Waals surface area contributed by atoms with E-state index in [1.54, 1.807) is 18.9 Å². The van der Waals surface area contributed by atoms with Gasteiger partial charge in [-0.25, -0.2) is 0 Å². The number of carbonyl (C=O) groups excluding carboxylic acids is 1. The molecule has 2 aliphatic carbocycles. The lowest BCUT2D eigenvalue weighted by atomic mass is 9.80.